The molecule has 0 bridgehead atoms. The molecule has 2 aromatic rings. The molecule has 3 N–H and O–H groups in total. The Morgan fingerprint density at radius 3 is 2.30 bits per heavy atom. The first-order chi connectivity index (χ1) is 10.5. The Morgan fingerprint density at radius 1 is 1.09 bits per heavy atom. The predicted octanol–water partition coefficient (Wildman–Crippen LogP) is 2.24. The van der Waals surface area contributed by atoms with Crippen molar-refractivity contribution in [3.63, 3.8) is 0 Å². The van der Waals surface area contributed by atoms with E-state index < -0.39 is 36.4 Å². The molecule has 0 aliphatic heterocycles. The van der Waals surface area contributed by atoms with Gasteiger partial charge in [-0.2, -0.15) is 0 Å². The van der Waals surface area contributed by atoms with Crippen LogP contribution in [-0.4, -0.2) is 16.8 Å². The molecule has 10 heteroatoms. The molecule has 0 saturated heterocycles. The Hall–Kier alpha value is -1.68. The van der Waals surface area contributed by atoms with Gasteiger partial charge in [0.05, 0.1) is 15.5 Å². The van der Waals surface area contributed by atoms with Crippen LogP contribution in [0.25, 0.3) is 0 Å². The van der Waals surface area contributed by atoms with Gasteiger partial charge in [0.25, 0.3) is 10.0 Å². The van der Waals surface area contributed by atoms with E-state index in [1.807, 2.05) is 0 Å². The monoisotopic (exact) mass is 378 g/mol. The van der Waals surface area contributed by atoms with Gasteiger partial charge < -0.3 is 0 Å². The van der Waals surface area contributed by atoms with E-state index in [9.17, 15) is 21.2 Å². The van der Waals surface area contributed by atoms with E-state index in [2.05, 4.69) is 4.72 Å². The van der Waals surface area contributed by atoms with Crippen molar-refractivity contribution in [3.05, 3.63) is 52.8 Å². The van der Waals surface area contributed by atoms with Crippen molar-refractivity contribution < 1.29 is 21.2 Å². The topological polar surface area (TPSA) is 106 Å². The third kappa shape index (κ3) is 3.99. The van der Waals surface area contributed by atoms with Crippen LogP contribution in [0.1, 0.15) is 5.56 Å². The second-order valence-electron chi connectivity index (χ2n) is 4.70. The maximum Gasteiger partial charge on any atom is 0.262 e. The van der Waals surface area contributed by atoms with Crippen molar-refractivity contribution in [2.75, 3.05) is 4.72 Å². The van der Waals surface area contributed by atoms with Crippen LogP contribution in [0, 0.1) is 12.7 Å². The average molecular weight is 379 g/mol. The molecule has 0 atom stereocenters. The highest BCUT2D eigenvalue weighted by Crippen LogP contribution is 2.25. The lowest BCUT2D eigenvalue weighted by atomic mass is 10.2. The summed E-state index contributed by atoms with van der Waals surface area (Å²) in [5, 5.41) is 5.09. The van der Waals surface area contributed by atoms with Gasteiger partial charge in [-0.05, 0) is 42.8 Å². The van der Waals surface area contributed by atoms with Crippen LogP contribution in [0.5, 0.6) is 0 Å². The summed E-state index contributed by atoms with van der Waals surface area (Å²) >= 11 is 5.78. The van der Waals surface area contributed by atoms with E-state index in [1.165, 1.54) is 18.2 Å². The third-order valence-electron chi connectivity index (χ3n) is 2.95. The van der Waals surface area contributed by atoms with Gasteiger partial charge in [-0.3, -0.25) is 4.72 Å². The van der Waals surface area contributed by atoms with E-state index in [-0.39, 0.29) is 9.92 Å². The maximum atomic E-state index is 13.9. The number of nitrogens with one attached hydrogen (secondary N) is 1. The number of rotatable bonds is 4. The summed E-state index contributed by atoms with van der Waals surface area (Å²) in [6.07, 6.45) is 0. The summed E-state index contributed by atoms with van der Waals surface area (Å²) in [4.78, 5) is -0.572. The van der Waals surface area contributed by atoms with Crippen molar-refractivity contribution in [2.45, 2.75) is 16.7 Å². The molecule has 6 nitrogen and oxygen atoms in total. The van der Waals surface area contributed by atoms with Gasteiger partial charge in [0, 0.05) is 5.02 Å². The minimum atomic E-state index is -4.09. The maximum absolute atomic E-state index is 13.9. The summed E-state index contributed by atoms with van der Waals surface area (Å²) in [7, 11) is -8.18. The molecule has 0 unspecified atom stereocenters. The molecule has 0 aliphatic rings. The van der Waals surface area contributed by atoms with Gasteiger partial charge in [0.2, 0.25) is 10.0 Å². The van der Waals surface area contributed by atoms with Gasteiger partial charge >= 0.3 is 0 Å². The Morgan fingerprint density at radius 2 is 1.74 bits per heavy atom. The smallest absolute Gasteiger partial charge is 0.262 e. The molecule has 0 fully saturated rings. The van der Waals surface area contributed by atoms with Gasteiger partial charge in [-0.15, -0.1) is 0 Å². The lowest BCUT2D eigenvalue weighted by molar-refractivity contribution is 0.592. The quantitative estimate of drug-likeness (QED) is 0.850. The number of halogens is 2. The highest BCUT2D eigenvalue weighted by atomic mass is 35.5. The SMILES string of the molecule is Cc1ccc(Cl)cc1S(=O)(=O)Nc1ccc(S(N)(=O)=O)cc1F. The van der Waals surface area contributed by atoms with Crippen LogP contribution in [-0.2, 0) is 20.0 Å². The van der Waals surface area contributed by atoms with E-state index in [0.717, 1.165) is 12.1 Å². The predicted molar refractivity (Wildman–Crippen MR) is 84.8 cm³/mol. The van der Waals surface area contributed by atoms with Gasteiger partial charge in [0.15, 0.2) is 0 Å². The number of primary sulfonamides is 1. The fourth-order valence-corrected chi connectivity index (χ4v) is 3.92. The molecule has 0 aromatic heterocycles. The number of benzene rings is 2. The van der Waals surface area contributed by atoms with Crippen molar-refractivity contribution in [1.82, 2.24) is 0 Å². The molecule has 0 heterocycles. The average Bonchev–Trinajstić information content (AvgIpc) is 2.42. The molecule has 2 rings (SSSR count). The van der Waals surface area contributed by atoms with Gasteiger partial charge in [-0.1, -0.05) is 17.7 Å². The minimum absolute atomic E-state index is 0.111. The van der Waals surface area contributed by atoms with Crippen LogP contribution < -0.4 is 9.86 Å². The number of aryl methyl sites for hydroxylation is 1. The van der Waals surface area contributed by atoms with Gasteiger partial charge in [-0.25, -0.2) is 26.4 Å². The summed E-state index contributed by atoms with van der Waals surface area (Å²) < 4.78 is 62.9. The molecular weight excluding hydrogens is 367 g/mol. The third-order valence-corrected chi connectivity index (χ3v) is 5.61. The van der Waals surface area contributed by atoms with Crippen molar-refractivity contribution >= 4 is 37.3 Å². The number of hydrogen-bond acceptors (Lipinski definition) is 4. The lowest BCUT2D eigenvalue weighted by Gasteiger charge is -2.12. The second-order valence-corrected chi connectivity index (χ2v) is 8.35. The standard InChI is InChI=1S/C13H12ClFN2O4S2/c1-8-2-3-9(14)6-13(8)23(20,21)17-12-5-4-10(7-11(12)15)22(16,18)19/h2-7,17H,1H3,(H2,16,18,19). The van der Waals surface area contributed by atoms with E-state index in [1.54, 1.807) is 6.92 Å². The van der Waals surface area contributed by atoms with E-state index in [0.29, 0.717) is 11.6 Å². The zero-order valence-electron chi connectivity index (χ0n) is 11.7. The number of sulfonamides is 2. The van der Waals surface area contributed by atoms with Gasteiger partial charge in [0.1, 0.15) is 5.82 Å². The van der Waals surface area contributed by atoms with Crippen molar-refractivity contribution in [2.24, 2.45) is 5.14 Å². The number of nitrogens with two attached hydrogens (primary N) is 1. The number of anilines is 1. The van der Waals surface area contributed by atoms with Crippen LogP contribution in [0.15, 0.2) is 46.2 Å². The molecule has 124 valence electrons. The largest absolute Gasteiger partial charge is 0.277 e. The fraction of sp³-hybridized carbons (Fsp3) is 0.0769. The molecule has 2 aromatic carbocycles. The van der Waals surface area contributed by atoms with Crippen molar-refractivity contribution in [1.29, 1.82) is 0 Å². The Balaban J connectivity index is 2.44. The highest BCUT2D eigenvalue weighted by Gasteiger charge is 2.20. The molecule has 0 spiro atoms. The first kappa shape index (κ1) is 17.7. The normalized spacial score (nSPS) is 12.2. The summed E-state index contributed by atoms with van der Waals surface area (Å²) in [6, 6.07) is 6.89. The molecule has 0 radical (unpaired) electrons. The Kier molecular flexibility index (Phi) is 4.67. The molecular formula is C13H12ClFN2O4S2. The fourth-order valence-electron chi connectivity index (χ4n) is 1.82. The highest BCUT2D eigenvalue weighted by molar-refractivity contribution is 7.92. The molecule has 0 amide bonds. The number of hydrogen-bond donors (Lipinski definition) is 2. The van der Waals surface area contributed by atoms with Crippen LogP contribution in [0.4, 0.5) is 10.1 Å². The Bertz CT molecular complexity index is 975. The first-order valence-corrected chi connectivity index (χ1v) is 9.53. The van der Waals surface area contributed by atoms with E-state index in [4.69, 9.17) is 16.7 Å². The zero-order valence-corrected chi connectivity index (χ0v) is 14.1. The second kappa shape index (κ2) is 6.08. The molecule has 0 saturated carbocycles. The lowest BCUT2D eigenvalue weighted by Crippen LogP contribution is -2.16. The zero-order chi connectivity index (χ0) is 17.4. The summed E-state index contributed by atoms with van der Waals surface area (Å²) in [6.45, 7) is 1.56. The van der Waals surface area contributed by atoms with E-state index >= 15 is 0 Å². The summed E-state index contributed by atoms with van der Waals surface area (Å²) in [5.41, 5.74) is 0.0141. The molecule has 0 aliphatic carbocycles. The van der Waals surface area contributed by atoms with Crippen LogP contribution in [0.2, 0.25) is 5.02 Å². The Labute approximate surface area is 138 Å². The van der Waals surface area contributed by atoms with Crippen LogP contribution >= 0.6 is 11.6 Å². The molecule has 23 heavy (non-hydrogen) atoms. The summed E-state index contributed by atoms with van der Waals surface area (Å²) in [5.74, 6) is -1.07. The first-order valence-electron chi connectivity index (χ1n) is 6.12. The minimum Gasteiger partial charge on any atom is -0.277 e. The van der Waals surface area contributed by atoms with Crippen LogP contribution in [0.3, 0.4) is 0 Å². The van der Waals surface area contributed by atoms with Crippen molar-refractivity contribution in [3.8, 4) is 0 Å².